The maximum atomic E-state index is 9.18. The fourth-order valence-electron chi connectivity index (χ4n) is 2.15. The zero-order valence-corrected chi connectivity index (χ0v) is 15.0. The number of thiazole rings is 1. The van der Waals surface area contributed by atoms with Crippen molar-refractivity contribution in [3.05, 3.63) is 50.0 Å². The average Bonchev–Trinajstić information content (AvgIpc) is 3.14. The van der Waals surface area contributed by atoms with Crippen molar-refractivity contribution in [3.8, 4) is 17.3 Å². The van der Waals surface area contributed by atoms with Crippen LogP contribution >= 0.6 is 34.9 Å². The quantitative estimate of drug-likeness (QED) is 0.567. The van der Waals surface area contributed by atoms with E-state index < -0.39 is 0 Å². The lowest BCUT2D eigenvalue weighted by molar-refractivity contribution is 1.33. The van der Waals surface area contributed by atoms with Gasteiger partial charge in [0.2, 0.25) is 0 Å². The molecule has 0 radical (unpaired) electrons. The Balaban J connectivity index is 2.11. The van der Waals surface area contributed by atoms with Crippen molar-refractivity contribution in [3.63, 3.8) is 0 Å². The van der Waals surface area contributed by atoms with E-state index in [0.717, 1.165) is 16.1 Å². The van der Waals surface area contributed by atoms with Gasteiger partial charge in [-0.05, 0) is 23.7 Å². The fraction of sp³-hybridized carbons (Fsp3) is 0.176. The monoisotopic (exact) mass is 355 g/mol. The average molecular weight is 356 g/mol. The van der Waals surface area contributed by atoms with E-state index in [-0.39, 0.29) is 10.2 Å². The number of benzene rings is 1. The van der Waals surface area contributed by atoms with Gasteiger partial charge < -0.3 is 0 Å². The summed E-state index contributed by atoms with van der Waals surface area (Å²) in [5, 5.41) is 17.0. The molecule has 1 aliphatic rings. The van der Waals surface area contributed by atoms with Crippen molar-refractivity contribution in [2.45, 2.75) is 18.4 Å². The van der Waals surface area contributed by atoms with Gasteiger partial charge in [0.05, 0.1) is 15.2 Å². The SMILES string of the molecule is CC1=C(C)SC(c2sc(C(=C=N)C#N)nc2-c2ccccc2)S1. The summed E-state index contributed by atoms with van der Waals surface area (Å²) in [5.41, 5.74) is 2.13. The molecule has 114 valence electrons. The van der Waals surface area contributed by atoms with Crippen LogP contribution in [-0.2, 0) is 0 Å². The topological polar surface area (TPSA) is 60.5 Å². The number of rotatable bonds is 3. The standard InChI is InChI=1S/C17H13N3S3/c1-10-11(2)22-17(21-10)15-14(12-6-4-3-5-7-12)20-16(23-15)13(8-18)9-19/h3-7,17-18H,1-2H3. The molecule has 1 aromatic carbocycles. The maximum Gasteiger partial charge on any atom is 0.148 e. The summed E-state index contributed by atoms with van der Waals surface area (Å²) < 4.78 is 0.252. The number of nitrogens with zero attached hydrogens (tertiary/aromatic N) is 2. The first-order valence-corrected chi connectivity index (χ1v) is 9.48. The molecule has 1 aromatic heterocycles. The van der Waals surface area contributed by atoms with Gasteiger partial charge in [0.1, 0.15) is 16.6 Å². The first kappa shape index (κ1) is 16.1. The molecule has 23 heavy (non-hydrogen) atoms. The minimum Gasteiger partial charge on any atom is -0.257 e. The van der Waals surface area contributed by atoms with Crippen LogP contribution in [-0.4, -0.2) is 10.9 Å². The predicted molar refractivity (Wildman–Crippen MR) is 101 cm³/mol. The Bertz CT molecular complexity index is 854. The molecule has 0 bridgehead atoms. The summed E-state index contributed by atoms with van der Waals surface area (Å²) in [5.74, 6) is 2.20. The van der Waals surface area contributed by atoms with Crippen LogP contribution in [0.1, 0.15) is 28.3 Å². The Morgan fingerprint density at radius 2 is 1.83 bits per heavy atom. The van der Waals surface area contributed by atoms with Gasteiger partial charge in [0.25, 0.3) is 0 Å². The number of nitrogens with one attached hydrogen (secondary N) is 1. The molecular formula is C17H13N3S3. The van der Waals surface area contributed by atoms with Gasteiger partial charge in [0.15, 0.2) is 0 Å². The van der Waals surface area contributed by atoms with Gasteiger partial charge in [-0.2, -0.15) is 5.26 Å². The van der Waals surface area contributed by atoms with E-state index in [4.69, 9.17) is 5.41 Å². The Hall–Kier alpha value is -1.77. The van der Waals surface area contributed by atoms with E-state index in [1.807, 2.05) is 59.9 Å². The molecule has 0 fully saturated rings. The second-order valence-electron chi connectivity index (χ2n) is 4.89. The lowest BCUT2D eigenvalue weighted by atomic mass is 10.1. The van der Waals surface area contributed by atoms with Gasteiger partial charge in [-0.25, -0.2) is 4.98 Å². The third-order valence-electron chi connectivity index (χ3n) is 3.43. The molecule has 2 heterocycles. The van der Waals surface area contributed by atoms with Crippen LogP contribution in [0.3, 0.4) is 0 Å². The molecule has 0 aliphatic carbocycles. The van der Waals surface area contributed by atoms with Crippen LogP contribution in [0, 0.1) is 16.7 Å². The number of thioether (sulfide) groups is 2. The van der Waals surface area contributed by atoms with Crippen LogP contribution in [0.5, 0.6) is 0 Å². The van der Waals surface area contributed by atoms with Crippen molar-refractivity contribution in [1.82, 2.24) is 4.98 Å². The van der Waals surface area contributed by atoms with Crippen molar-refractivity contribution >= 4 is 46.3 Å². The van der Waals surface area contributed by atoms with Gasteiger partial charge in [-0.3, -0.25) is 5.41 Å². The van der Waals surface area contributed by atoms with Crippen molar-refractivity contribution in [1.29, 1.82) is 10.7 Å². The van der Waals surface area contributed by atoms with Crippen LogP contribution in [0.2, 0.25) is 0 Å². The highest BCUT2D eigenvalue weighted by atomic mass is 32.2. The van der Waals surface area contributed by atoms with Crippen molar-refractivity contribution in [2.75, 3.05) is 0 Å². The van der Waals surface area contributed by atoms with Crippen LogP contribution in [0.4, 0.5) is 0 Å². The maximum absolute atomic E-state index is 9.18. The molecule has 0 saturated heterocycles. The van der Waals surface area contributed by atoms with Gasteiger partial charge in [-0.15, -0.1) is 34.9 Å². The van der Waals surface area contributed by atoms with Crippen LogP contribution < -0.4 is 0 Å². The molecule has 6 heteroatoms. The number of nitriles is 1. The molecule has 1 N–H and O–H groups in total. The molecule has 0 saturated carbocycles. The highest BCUT2D eigenvalue weighted by molar-refractivity contribution is 8.23. The lowest BCUT2D eigenvalue weighted by Crippen LogP contribution is -1.87. The van der Waals surface area contributed by atoms with E-state index in [1.165, 1.54) is 21.1 Å². The molecule has 3 rings (SSSR count). The zero-order valence-electron chi connectivity index (χ0n) is 12.6. The Labute approximate surface area is 147 Å². The summed E-state index contributed by atoms with van der Waals surface area (Å²) >= 11 is 5.15. The van der Waals surface area contributed by atoms with Crippen molar-refractivity contribution < 1.29 is 0 Å². The largest absolute Gasteiger partial charge is 0.257 e. The fourth-order valence-corrected chi connectivity index (χ4v) is 6.39. The Kier molecular flexibility index (Phi) is 4.74. The molecule has 0 amide bonds. The summed E-state index contributed by atoms with van der Waals surface area (Å²) in [7, 11) is 0. The van der Waals surface area contributed by atoms with E-state index in [0.29, 0.717) is 5.01 Å². The molecule has 2 aromatic rings. The number of allylic oxidation sites excluding steroid dienone is 3. The first-order valence-electron chi connectivity index (χ1n) is 6.91. The van der Waals surface area contributed by atoms with Gasteiger partial charge >= 0.3 is 0 Å². The first-order chi connectivity index (χ1) is 11.1. The lowest BCUT2D eigenvalue weighted by Gasteiger charge is -2.08. The number of hydrogen-bond donors (Lipinski definition) is 1. The third kappa shape index (κ3) is 3.15. The van der Waals surface area contributed by atoms with Crippen molar-refractivity contribution in [2.24, 2.45) is 0 Å². The Morgan fingerprint density at radius 1 is 1.17 bits per heavy atom. The molecule has 0 atom stereocenters. The van der Waals surface area contributed by atoms with Crippen LogP contribution in [0.15, 0.2) is 40.1 Å². The normalized spacial score (nSPS) is 14.7. The number of hydrogen-bond acceptors (Lipinski definition) is 6. The summed E-state index contributed by atoms with van der Waals surface area (Å²) in [6, 6.07) is 12.0. The van der Waals surface area contributed by atoms with Gasteiger partial charge in [-0.1, -0.05) is 30.3 Å². The highest BCUT2D eigenvalue weighted by Gasteiger charge is 2.29. The molecule has 0 spiro atoms. The molecule has 3 nitrogen and oxygen atoms in total. The van der Waals surface area contributed by atoms with Gasteiger partial charge in [0, 0.05) is 11.4 Å². The minimum atomic E-state index is 0.188. The number of aromatic nitrogens is 1. The predicted octanol–water partition coefficient (Wildman–Crippen LogP) is 5.70. The molecular weight excluding hydrogens is 342 g/mol. The Morgan fingerprint density at radius 3 is 2.39 bits per heavy atom. The minimum absolute atomic E-state index is 0.188. The third-order valence-corrected chi connectivity index (χ3v) is 7.79. The van der Waals surface area contributed by atoms with E-state index >= 15 is 0 Å². The summed E-state index contributed by atoms with van der Waals surface area (Å²) in [6.45, 7) is 4.27. The second kappa shape index (κ2) is 6.77. The van der Waals surface area contributed by atoms with E-state index in [9.17, 15) is 5.26 Å². The smallest absolute Gasteiger partial charge is 0.148 e. The molecule has 1 aliphatic heterocycles. The van der Waals surface area contributed by atoms with E-state index in [2.05, 4.69) is 24.7 Å². The molecule has 0 unspecified atom stereocenters. The van der Waals surface area contributed by atoms with Crippen LogP contribution in [0.25, 0.3) is 16.8 Å². The highest BCUT2D eigenvalue weighted by Crippen LogP contribution is 2.57. The second-order valence-corrected chi connectivity index (χ2v) is 8.86. The van der Waals surface area contributed by atoms with E-state index in [1.54, 1.807) is 0 Å². The zero-order chi connectivity index (χ0) is 16.4. The summed E-state index contributed by atoms with van der Waals surface area (Å²) in [6.07, 6.45) is 0. The summed E-state index contributed by atoms with van der Waals surface area (Å²) in [4.78, 5) is 8.45.